The van der Waals surface area contributed by atoms with Crippen molar-refractivity contribution in [2.24, 2.45) is 5.92 Å². The molecule has 116 valence electrons. The number of aliphatic carboxylic acids is 1. The first kappa shape index (κ1) is 16.8. The molecular weight excluding hydrogens is 256 g/mol. The van der Waals surface area contributed by atoms with Crippen molar-refractivity contribution in [3.8, 4) is 0 Å². The number of carbonyl (C=O) groups is 2. The molecule has 1 saturated carbocycles. The summed E-state index contributed by atoms with van der Waals surface area (Å²) in [5, 5.41) is 11.4. The van der Waals surface area contributed by atoms with Gasteiger partial charge in [0.25, 0.3) is 0 Å². The maximum atomic E-state index is 12.0. The molecule has 0 aromatic heterocycles. The third kappa shape index (κ3) is 6.26. The van der Waals surface area contributed by atoms with Crippen molar-refractivity contribution in [1.82, 2.24) is 10.2 Å². The molecule has 1 rings (SSSR count). The lowest BCUT2D eigenvalue weighted by Gasteiger charge is -2.33. The van der Waals surface area contributed by atoms with Gasteiger partial charge in [0.2, 0.25) is 0 Å². The predicted molar refractivity (Wildman–Crippen MR) is 78.7 cm³/mol. The van der Waals surface area contributed by atoms with Crippen LogP contribution in [0, 0.1) is 5.92 Å². The molecule has 5 nitrogen and oxygen atoms in total. The van der Waals surface area contributed by atoms with E-state index in [1.807, 2.05) is 11.9 Å². The fraction of sp³-hybridized carbons (Fsp3) is 0.867. The first-order chi connectivity index (χ1) is 9.50. The van der Waals surface area contributed by atoms with Crippen LogP contribution in [0.2, 0.25) is 0 Å². The molecule has 20 heavy (non-hydrogen) atoms. The second-order valence-corrected chi connectivity index (χ2v) is 5.96. The number of hydrogen-bond donors (Lipinski definition) is 2. The molecule has 0 aromatic carbocycles. The first-order valence-electron chi connectivity index (χ1n) is 7.73. The van der Waals surface area contributed by atoms with Gasteiger partial charge in [-0.25, -0.2) is 4.79 Å². The summed E-state index contributed by atoms with van der Waals surface area (Å²) in [5.41, 5.74) is 0. The monoisotopic (exact) mass is 284 g/mol. The number of urea groups is 1. The van der Waals surface area contributed by atoms with Crippen LogP contribution in [0.25, 0.3) is 0 Å². The maximum absolute atomic E-state index is 12.0. The van der Waals surface area contributed by atoms with Crippen LogP contribution in [-0.4, -0.2) is 41.6 Å². The van der Waals surface area contributed by atoms with Gasteiger partial charge in [-0.2, -0.15) is 0 Å². The van der Waals surface area contributed by atoms with Crippen LogP contribution < -0.4 is 5.32 Å². The lowest BCUT2D eigenvalue weighted by Crippen LogP contribution is -2.45. The summed E-state index contributed by atoms with van der Waals surface area (Å²) in [7, 11) is 1.88. The van der Waals surface area contributed by atoms with Crippen molar-refractivity contribution in [3.05, 3.63) is 0 Å². The molecule has 0 aliphatic heterocycles. The molecule has 0 unspecified atom stereocenters. The molecule has 2 N–H and O–H groups in total. The van der Waals surface area contributed by atoms with Crippen LogP contribution in [0.5, 0.6) is 0 Å². The van der Waals surface area contributed by atoms with E-state index in [9.17, 15) is 9.59 Å². The quantitative estimate of drug-likeness (QED) is 0.706. The van der Waals surface area contributed by atoms with Gasteiger partial charge in [0.1, 0.15) is 0 Å². The maximum Gasteiger partial charge on any atom is 0.317 e. The van der Waals surface area contributed by atoms with E-state index in [4.69, 9.17) is 5.11 Å². The van der Waals surface area contributed by atoms with Gasteiger partial charge in [-0.15, -0.1) is 0 Å². The summed E-state index contributed by atoms with van der Waals surface area (Å²) in [6.45, 7) is 2.90. The lowest BCUT2D eigenvalue weighted by molar-refractivity contribution is -0.137. The molecule has 2 amide bonds. The van der Waals surface area contributed by atoms with E-state index in [2.05, 4.69) is 12.2 Å². The Morgan fingerprint density at radius 1 is 1.15 bits per heavy atom. The van der Waals surface area contributed by atoms with E-state index in [1.54, 1.807) is 0 Å². The van der Waals surface area contributed by atoms with Gasteiger partial charge in [0, 0.05) is 26.1 Å². The molecule has 1 fully saturated rings. The van der Waals surface area contributed by atoms with Gasteiger partial charge in [-0.1, -0.05) is 13.3 Å². The Hall–Kier alpha value is -1.26. The highest BCUT2D eigenvalue weighted by molar-refractivity contribution is 5.74. The number of amides is 2. The Morgan fingerprint density at radius 2 is 1.80 bits per heavy atom. The standard InChI is InChI=1S/C15H28N2O3/c1-12-7-9-13(10-8-12)17(2)15(20)16-11-5-3-4-6-14(18)19/h12-13H,3-11H2,1-2H3,(H,16,20)(H,18,19). The molecule has 5 heteroatoms. The van der Waals surface area contributed by atoms with E-state index in [-0.39, 0.29) is 12.5 Å². The molecule has 0 radical (unpaired) electrons. The number of rotatable bonds is 7. The van der Waals surface area contributed by atoms with Crippen LogP contribution in [0.3, 0.4) is 0 Å². The Kier molecular flexibility index (Phi) is 7.41. The number of carboxylic acid groups (broad SMARTS) is 1. The SMILES string of the molecule is CC1CCC(N(C)C(=O)NCCCCCC(=O)O)CC1. The first-order valence-corrected chi connectivity index (χ1v) is 7.73. The average Bonchev–Trinajstić information content (AvgIpc) is 2.42. The van der Waals surface area contributed by atoms with Crippen molar-refractivity contribution < 1.29 is 14.7 Å². The highest BCUT2D eigenvalue weighted by Crippen LogP contribution is 2.26. The number of carbonyl (C=O) groups excluding carboxylic acids is 1. The van der Waals surface area contributed by atoms with Gasteiger partial charge in [-0.05, 0) is 44.4 Å². The second kappa shape index (κ2) is 8.82. The zero-order chi connectivity index (χ0) is 15.0. The summed E-state index contributed by atoms with van der Waals surface area (Å²) in [6.07, 6.45) is 7.20. The summed E-state index contributed by atoms with van der Waals surface area (Å²) < 4.78 is 0. The van der Waals surface area contributed by atoms with Gasteiger partial charge in [0.05, 0.1) is 0 Å². The lowest BCUT2D eigenvalue weighted by atomic mass is 9.87. The minimum absolute atomic E-state index is 0.00258. The van der Waals surface area contributed by atoms with E-state index in [1.165, 1.54) is 12.8 Å². The summed E-state index contributed by atoms with van der Waals surface area (Å²) >= 11 is 0. The Bertz CT molecular complexity index is 312. The Labute approximate surface area is 121 Å². The fourth-order valence-corrected chi connectivity index (χ4v) is 2.69. The molecule has 1 aliphatic rings. The number of unbranched alkanes of at least 4 members (excludes halogenated alkanes) is 2. The number of nitrogens with zero attached hydrogens (tertiary/aromatic N) is 1. The van der Waals surface area contributed by atoms with Crippen LogP contribution in [-0.2, 0) is 4.79 Å². The largest absolute Gasteiger partial charge is 0.481 e. The van der Waals surface area contributed by atoms with E-state index < -0.39 is 5.97 Å². The van der Waals surface area contributed by atoms with Gasteiger partial charge < -0.3 is 15.3 Å². The van der Waals surface area contributed by atoms with Crippen LogP contribution in [0.4, 0.5) is 4.79 Å². The third-order valence-electron chi connectivity index (χ3n) is 4.20. The van der Waals surface area contributed by atoms with Crippen LogP contribution in [0.1, 0.15) is 58.3 Å². The molecule has 1 aliphatic carbocycles. The van der Waals surface area contributed by atoms with Gasteiger partial charge in [0.15, 0.2) is 0 Å². The van der Waals surface area contributed by atoms with Crippen molar-refractivity contribution in [3.63, 3.8) is 0 Å². The molecule has 0 bridgehead atoms. The zero-order valence-electron chi connectivity index (χ0n) is 12.7. The summed E-state index contributed by atoms with van der Waals surface area (Å²) in [6, 6.07) is 0.376. The number of hydrogen-bond acceptors (Lipinski definition) is 2. The Balaban J connectivity index is 2.11. The molecule has 0 spiro atoms. The van der Waals surface area contributed by atoms with E-state index >= 15 is 0 Å². The molecule has 0 atom stereocenters. The number of nitrogens with one attached hydrogen (secondary N) is 1. The summed E-state index contributed by atoms with van der Waals surface area (Å²) in [4.78, 5) is 24.2. The van der Waals surface area contributed by atoms with E-state index in [0.29, 0.717) is 19.0 Å². The van der Waals surface area contributed by atoms with E-state index in [0.717, 1.165) is 31.6 Å². The summed E-state index contributed by atoms with van der Waals surface area (Å²) in [5.74, 6) is 0.0391. The van der Waals surface area contributed by atoms with Crippen LogP contribution in [0.15, 0.2) is 0 Å². The van der Waals surface area contributed by atoms with Crippen molar-refractivity contribution >= 4 is 12.0 Å². The van der Waals surface area contributed by atoms with Crippen LogP contribution >= 0.6 is 0 Å². The van der Waals surface area contributed by atoms with Crippen molar-refractivity contribution in [2.45, 2.75) is 64.3 Å². The van der Waals surface area contributed by atoms with Gasteiger partial charge >= 0.3 is 12.0 Å². The normalized spacial score (nSPS) is 22.3. The minimum atomic E-state index is -0.750. The second-order valence-electron chi connectivity index (χ2n) is 5.96. The Morgan fingerprint density at radius 3 is 2.40 bits per heavy atom. The molecule has 0 saturated heterocycles. The number of carboxylic acids is 1. The molecule has 0 aromatic rings. The van der Waals surface area contributed by atoms with Gasteiger partial charge in [-0.3, -0.25) is 4.79 Å². The topological polar surface area (TPSA) is 69.6 Å². The highest BCUT2D eigenvalue weighted by atomic mass is 16.4. The van der Waals surface area contributed by atoms with Crippen molar-refractivity contribution in [2.75, 3.05) is 13.6 Å². The minimum Gasteiger partial charge on any atom is -0.481 e. The zero-order valence-corrected chi connectivity index (χ0v) is 12.7. The molecule has 0 heterocycles. The highest BCUT2D eigenvalue weighted by Gasteiger charge is 2.24. The van der Waals surface area contributed by atoms with Crippen molar-refractivity contribution in [1.29, 1.82) is 0 Å². The molecular formula is C15H28N2O3. The third-order valence-corrected chi connectivity index (χ3v) is 4.20. The average molecular weight is 284 g/mol. The fourth-order valence-electron chi connectivity index (χ4n) is 2.69. The smallest absolute Gasteiger partial charge is 0.317 e. The predicted octanol–water partition coefficient (Wildman–Crippen LogP) is 2.85.